The lowest BCUT2D eigenvalue weighted by molar-refractivity contribution is -0.157. The van der Waals surface area contributed by atoms with E-state index in [2.05, 4.69) is 13.8 Å². The van der Waals surface area contributed by atoms with Gasteiger partial charge in [-0.05, 0) is 49.0 Å². The molecule has 3 aliphatic carbocycles. The Morgan fingerprint density at radius 2 is 2.04 bits per heavy atom. The van der Waals surface area contributed by atoms with Crippen LogP contribution >= 0.6 is 0 Å². The van der Waals surface area contributed by atoms with Gasteiger partial charge in [0.05, 0.1) is 6.61 Å². The Morgan fingerprint density at radius 3 is 2.67 bits per heavy atom. The zero-order valence-corrected chi connectivity index (χ0v) is 16.9. The van der Waals surface area contributed by atoms with Crippen molar-refractivity contribution in [1.82, 2.24) is 0 Å². The second kappa shape index (κ2) is 5.69. The number of ketones is 1. The summed E-state index contributed by atoms with van der Waals surface area (Å²) in [7, 11) is 0. The maximum Gasteiger partial charge on any atom is 0.302 e. The van der Waals surface area contributed by atoms with Gasteiger partial charge in [0.25, 0.3) is 0 Å². The zero-order chi connectivity index (χ0) is 19.8. The Kier molecular flexibility index (Phi) is 3.95. The van der Waals surface area contributed by atoms with Crippen LogP contribution in [0.15, 0.2) is 23.0 Å². The van der Waals surface area contributed by atoms with Crippen LogP contribution in [0.25, 0.3) is 0 Å². The maximum absolute atomic E-state index is 12.9. The van der Waals surface area contributed by atoms with Gasteiger partial charge in [-0.2, -0.15) is 0 Å². The summed E-state index contributed by atoms with van der Waals surface area (Å²) < 4.78 is 12.0. The van der Waals surface area contributed by atoms with E-state index < -0.39 is 11.0 Å². The molecule has 2 saturated carbocycles. The summed E-state index contributed by atoms with van der Waals surface area (Å²) in [5.74, 6) is -0.362. The van der Waals surface area contributed by atoms with E-state index in [1.165, 1.54) is 6.92 Å². The lowest BCUT2D eigenvalue weighted by Gasteiger charge is -2.56. The molecule has 3 fully saturated rings. The molecule has 0 aromatic heterocycles. The summed E-state index contributed by atoms with van der Waals surface area (Å²) in [4.78, 5) is 24.5. The van der Waals surface area contributed by atoms with Crippen LogP contribution in [0.2, 0.25) is 0 Å². The average molecular weight is 374 g/mol. The summed E-state index contributed by atoms with van der Waals surface area (Å²) in [5, 5.41) is 11.0. The second-order valence-corrected chi connectivity index (χ2v) is 9.86. The maximum atomic E-state index is 12.9. The third-order valence-electron chi connectivity index (χ3n) is 7.33. The molecule has 1 aliphatic heterocycles. The Bertz CT molecular complexity index is 774. The van der Waals surface area contributed by atoms with Crippen molar-refractivity contribution in [2.75, 3.05) is 6.61 Å². The van der Waals surface area contributed by atoms with E-state index in [1.807, 2.05) is 19.9 Å². The quantitative estimate of drug-likeness (QED) is 0.743. The first kappa shape index (κ1) is 18.7. The van der Waals surface area contributed by atoms with Crippen molar-refractivity contribution in [2.45, 2.75) is 72.0 Å². The van der Waals surface area contributed by atoms with E-state index in [-0.39, 0.29) is 40.9 Å². The average Bonchev–Trinajstić information content (AvgIpc) is 2.74. The first-order chi connectivity index (χ1) is 12.5. The second-order valence-electron chi connectivity index (χ2n) is 9.86. The largest absolute Gasteiger partial charge is 0.504 e. The molecule has 4 aliphatic rings. The lowest BCUT2D eigenvalue weighted by Crippen LogP contribution is -2.55. The van der Waals surface area contributed by atoms with Crippen LogP contribution in [0.1, 0.15) is 60.3 Å². The lowest BCUT2D eigenvalue weighted by atomic mass is 9.47. The minimum atomic E-state index is -0.678. The number of hydrogen-bond donors (Lipinski definition) is 1. The molecule has 4 atom stereocenters. The van der Waals surface area contributed by atoms with Crippen molar-refractivity contribution < 1.29 is 24.2 Å². The van der Waals surface area contributed by atoms with Crippen LogP contribution in [0.3, 0.4) is 0 Å². The molecule has 1 heterocycles. The standard InChI is InChI=1S/C22H30O5/c1-12(2)15-10-22-7-6-16-20(4,5)8-14(27-13(3)23)9-21(16,11-26-22)19(22)18(25)17(15)24/h10,12,14,16,25H,6-9,11H2,1-5H3/t14-,16-,21+,22+/m0/s1. The number of carbonyl (C=O) groups excluding carboxylic acids is 2. The number of rotatable bonds is 2. The predicted molar refractivity (Wildman–Crippen MR) is 100.0 cm³/mol. The molecular formula is C22H30O5. The molecule has 0 amide bonds. The first-order valence-electron chi connectivity index (χ1n) is 10.1. The van der Waals surface area contributed by atoms with Crippen molar-refractivity contribution in [3.8, 4) is 0 Å². The molecule has 27 heavy (non-hydrogen) atoms. The van der Waals surface area contributed by atoms with Crippen molar-refractivity contribution in [3.05, 3.63) is 23.0 Å². The third kappa shape index (κ3) is 2.47. The van der Waals surface area contributed by atoms with Crippen molar-refractivity contribution >= 4 is 11.8 Å². The molecule has 5 heteroatoms. The number of ether oxygens (including phenoxy) is 2. The molecule has 1 N–H and O–H groups in total. The molecular weight excluding hydrogens is 344 g/mol. The smallest absolute Gasteiger partial charge is 0.302 e. The van der Waals surface area contributed by atoms with Crippen LogP contribution < -0.4 is 0 Å². The van der Waals surface area contributed by atoms with Crippen molar-refractivity contribution in [2.24, 2.45) is 22.7 Å². The SMILES string of the molecule is CC(=O)O[C@H]1CC(C)(C)[C@@H]2CC[C@@]34C=C(C(C)C)C(=O)C(O)=C3[C@@]2(CO4)C1. The third-order valence-corrected chi connectivity index (χ3v) is 7.33. The van der Waals surface area contributed by atoms with Gasteiger partial charge in [-0.3, -0.25) is 9.59 Å². The van der Waals surface area contributed by atoms with Crippen LogP contribution in [0.4, 0.5) is 0 Å². The Hall–Kier alpha value is -1.62. The van der Waals surface area contributed by atoms with E-state index in [0.29, 0.717) is 18.6 Å². The van der Waals surface area contributed by atoms with Gasteiger partial charge in [0.1, 0.15) is 11.7 Å². The zero-order valence-electron chi connectivity index (χ0n) is 16.9. The molecule has 4 rings (SSSR count). The fraction of sp³-hybridized carbons (Fsp3) is 0.727. The minimum absolute atomic E-state index is 0.0324. The van der Waals surface area contributed by atoms with E-state index in [1.54, 1.807) is 0 Å². The summed E-state index contributed by atoms with van der Waals surface area (Å²) >= 11 is 0. The normalized spacial score (nSPS) is 39.8. The Morgan fingerprint density at radius 1 is 1.33 bits per heavy atom. The van der Waals surface area contributed by atoms with Gasteiger partial charge in [0, 0.05) is 23.5 Å². The van der Waals surface area contributed by atoms with E-state index in [9.17, 15) is 14.7 Å². The summed E-state index contributed by atoms with van der Waals surface area (Å²) in [6.07, 6.45) is 4.91. The number of hydrogen-bond acceptors (Lipinski definition) is 5. The van der Waals surface area contributed by atoms with Gasteiger partial charge in [0.15, 0.2) is 5.76 Å². The molecule has 0 radical (unpaired) electrons. The Balaban J connectivity index is 1.85. The molecule has 1 spiro atoms. The molecule has 0 aromatic rings. The number of aliphatic hydroxyl groups excluding tert-OH is 1. The molecule has 5 nitrogen and oxygen atoms in total. The molecule has 0 unspecified atom stereocenters. The highest BCUT2D eigenvalue weighted by molar-refractivity contribution is 6.09. The number of Topliss-reactive ketones (excluding diaryl/α,β-unsaturated/α-hetero) is 1. The fourth-order valence-corrected chi connectivity index (χ4v) is 6.52. The van der Waals surface area contributed by atoms with Crippen LogP contribution in [0.5, 0.6) is 0 Å². The van der Waals surface area contributed by atoms with Gasteiger partial charge in [-0.1, -0.05) is 27.7 Å². The van der Waals surface area contributed by atoms with Gasteiger partial charge in [-0.15, -0.1) is 0 Å². The van der Waals surface area contributed by atoms with Gasteiger partial charge >= 0.3 is 5.97 Å². The fourth-order valence-electron chi connectivity index (χ4n) is 6.52. The molecule has 0 aromatic carbocycles. The van der Waals surface area contributed by atoms with E-state index in [4.69, 9.17) is 9.47 Å². The highest BCUT2D eigenvalue weighted by Crippen LogP contribution is 2.68. The Labute approximate surface area is 160 Å². The van der Waals surface area contributed by atoms with Gasteiger partial charge in [0.2, 0.25) is 5.78 Å². The van der Waals surface area contributed by atoms with Crippen molar-refractivity contribution in [1.29, 1.82) is 0 Å². The topological polar surface area (TPSA) is 72.8 Å². The highest BCUT2D eigenvalue weighted by atomic mass is 16.5. The summed E-state index contributed by atoms with van der Waals surface area (Å²) in [5.41, 5.74) is 0.196. The van der Waals surface area contributed by atoms with E-state index >= 15 is 0 Å². The highest BCUT2D eigenvalue weighted by Gasteiger charge is 2.68. The number of carbonyl (C=O) groups is 2. The molecule has 148 valence electrons. The number of esters is 1. The number of aliphatic hydroxyl groups is 1. The first-order valence-corrected chi connectivity index (χ1v) is 10.1. The van der Waals surface area contributed by atoms with Gasteiger partial charge in [-0.25, -0.2) is 0 Å². The minimum Gasteiger partial charge on any atom is -0.504 e. The monoisotopic (exact) mass is 374 g/mol. The van der Waals surface area contributed by atoms with Crippen LogP contribution in [-0.4, -0.2) is 35.2 Å². The summed E-state index contributed by atoms with van der Waals surface area (Å²) in [6, 6.07) is 0. The van der Waals surface area contributed by atoms with Crippen molar-refractivity contribution in [3.63, 3.8) is 0 Å². The molecule has 1 saturated heterocycles. The predicted octanol–water partition coefficient (Wildman–Crippen LogP) is 3.88. The number of allylic oxidation sites excluding steroid dienone is 1. The van der Waals surface area contributed by atoms with E-state index in [0.717, 1.165) is 24.8 Å². The summed E-state index contributed by atoms with van der Waals surface area (Å²) in [6.45, 7) is 10.2. The molecule has 2 bridgehead atoms. The van der Waals surface area contributed by atoms with Crippen LogP contribution in [0, 0.1) is 22.7 Å². The van der Waals surface area contributed by atoms with Gasteiger partial charge < -0.3 is 14.6 Å². The van der Waals surface area contributed by atoms with Crippen LogP contribution in [-0.2, 0) is 19.1 Å².